The van der Waals surface area contributed by atoms with Crippen LogP contribution in [0.25, 0.3) is 0 Å². The van der Waals surface area contributed by atoms with Crippen LogP contribution in [0.2, 0.25) is 0 Å². The lowest BCUT2D eigenvalue weighted by Crippen LogP contribution is -2.40. The molecule has 0 aromatic rings. The number of halogens is 1. The van der Waals surface area contributed by atoms with E-state index in [0.717, 1.165) is 0 Å². The highest BCUT2D eigenvalue weighted by atomic mass is 19.1. The summed E-state index contributed by atoms with van der Waals surface area (Å²) >= 11 is 0. The van der Waals surface area contributed by atoms with Gasteiger partial charge >= 0.3 is 18.0 Å². The summed E-state index contributed by atoms with van der Waals surface area (Å²) in [4.78, 5) is 48.5. The number of carbonyl (C=O) groups excluding carboxylic acids is 4. The van der Waals surface area contributed by atoms with E-state index < -0.39 is 44.9 Å². The van der Waals surface area contributed by atoms with Crippen LogP contribution in [0, 0.1) is 21.7 Å². The van der Waals surface area contributed by atoms with Gasteiger partial charge in [-0.2, -0.15) is 4.39 Å². The van der Waals surface area contributed by atoms with Gasteiger partial charge in [0.2, 0.25) is 0 Å². The van der Waals surface area contributed by atoms with Crippen molar-refractivity contribution in [1.29, 1.82) is 0 Å². The Bertz CT molecular complexity index is 835. The Kier molecular flexibility index (Phi) is 11.7. The summed E-state index contributed by atoms with van der Waals surface area (Å²) in [6.45, 7) is 22.8. The average Bonchev–Trinajstić information content (AvgIpc) is 2.65. The van der Waals surface area contributed by atoms with Crippen LogP contribution in [0.3, 0.4) is 0 Å². The van der Waals surface area contributed by atoms with Crippen molar-refractivity contribution >= 4 is 23.8 Å². The van der Waals surface area contributed by atoms with E-state index in [4.69, 9.17) is 14.2 Å². The molecule has 0 aromatic carbocycles. The van der Waals surface area contributed by atoms with Gasteiger partial charge in [-0.05, 0) is 75.2 Å². The average molecular weight is 531 g/mol. The largest absolute Gasteiger partial charge is 0.465 e. The molecule has 0 rings (SSSR count). The molecule has 0 spiro atoms. The lowest BCUT2D eigenvalue weighted by Gasteiger charge is -2.35. The van der Waals surface area contributed by atoms with E-state index in [1.54, 1.807) is 27.7 Å². The molecule has 0 aliphatic rings. The summed E-state index contributed by atoms with van der Waals surface area (Å²) in [6.07, 6.45) is 1.29. The number of esters is 2. The molecule has 216 valence electrons. The molecule has 0 unspecified atom stereocenters. The van der Waals surface area contributed by atoms with Gasteiger partial charge in [0.05, 0.1) is 35.1 Å². The fourth-order valence-electron chi connectivity index (χ4n) is 4.22. The molecule has 0 atom stereocenters. The zero-order valence-electron chi connectivity index (χ0n) is 25.5. The van der Waals surface area contributed by atoms with E-state index in [0.29, 0.717) is 25.9 Å². The molecule has 0 radical (unpaired) electrons. The van der Waals surface area contributed by atoms with Gasteiger partial charge in [0.15, 0.2) is 0 Å². The highest BCUT2D eigenvalue weighted by Gasteiger charge is 2.41. The maximum Gasteiger partial charge on any atom is 0.312 e. The summed E-state index contributed by atoms with van der Waals surface area (Å²) in [5, 5.41) is 0. The number of hydrogen-bond acceptors (Lipinski definition) is 7. The van der Waals surface area contributed by atoms with Crippen LogP contribution in [0.1, 0.15) is 116 Å². The molecule has 0 bridgehead atoms. The highest BCUT2D eigenvalue weighted by molar-refractivity contribution is 5.83. The van der Waals surface area contributed by atoms with E-state index in [-0.39, 0.29) is 24.8 Å². The fourth-order valence-corrected chi connectivity index (χ4v) is 4.22. The lowest BCUT2D eigenvalue weighted by atomic mass is 9.73. The van der Waals surface area contributed by atoms with Crippen molar-refractivity contribution in [2.45, 2.75) is 127 Å². The fraction of sp³-hybridized carbons (Fsp3) is 0.862. The van der Waals surface area contributed by atoms with Gasteiger partial charge in [-0.25, -0.2) is 0 Å². The first-order chi connectivity index (χ1) is 16.3. The Labute approximate surface area is 223 Å². The molecule has 0 amide bonds. The van der Waals surface area contributed by atoms with Gasteiger partial charge in [0.1, 0.15) is 11.4 Å². The van der Waals surface area contributed by atoms with Crippen molar-refractivity contribution in [3.8, 4) is 0 Å². The Morgan fingerprint density at radius 1 is 0.595 bits per heavy atom. The van der Waals surface area contributed by atoms with Gasteiger partial charge < -0.3 is 14.2 Å². The zero-order valence-corrected chi connectivity index (χ0v) is 25.5. The summed E-state index contributed by atoms with van der Waals surface area (Å²) in [5.41, 5.74) is -5.11. The number of ether oxygens (including phenoxy) is 3. The minimum atomic E-state index is -1.46. The van der Waals surface area contributed by atoms with Crippen LogP contribution >= 0.6 is 0 Å². The van der Waals surface area contributed by atoms with Crippen molar-refractivity contribution in [1.82, 2.24) is 0 Å². The summed E-state index contributed by atoms with van der Waals surface area (Å²) in [5.74, 6) is -0.837. The third-order valence-corrected chi connectivity index (χ3v) is 6.86. The van der Waals surface area contributed by atoms with Crippen LogP contribution in [0.5, 0.6) is 0 Å². The van der Waals surface area contributed by atoms with Crippen molar-refractivity contribution in [3.05, 3.63) is 0 Å². The molecule has 0 saturated carbocycles. The first-order valence-corrected chi connectivity index (χ1v) is 13.0. The first kappa shape index (κ1) is 35.2. The molecule has 37 heavy (non-hydrogen) atoms. The minimum absolute atomic E-state index is 0.0243. The minimum Gasteiger partial charge on any atom is -0.465 e. The molecule has 0 heterocycles. The molecule has 7 nitrogen and oxygen atoms in total. The molecular weight excluding hydrogens is 479 g/mol. The lowest BCUT2D eigenvalue weighted by molar-refractivity contribution is -0.171. The Morgan fingerprint density at radius 2 is 1.03 bits per heavy atom. The van der Waals surface area contributed by atoms with Crippen LogP contribution < -0.4 is 0 Å². The van der Waals surface area contributed by atoms with Crippen molar-refractivity contribution in [2.24, 2.45) is 21.7 Å². The van der Waals surface area contributed by atoms with Crippen molar-refractivity contribution in [3.63, 3.8) is 0 Å². The number of hydrogen-bond donors (Lipinski definition) is 0. The molecule has 0 N–H and O–H groups in total. The van der Waals surface area contributed by atoms with Crippen molar-refractivity contribution in [2.75, 3.05) is 13.2 Å². The first-order valence-electron chi connectivity index (χ1n) is 13.0. The zero-order chi connectivity index (χ0) is 29.7. The molecule has 0 aliphatic carbocycles. The van der Waals surface area contributed by atoms with Crippen molar-refractivity contribution < 1.29 is 37.8 Å². The van der Waals surface area contributed by atoms with Crippen LogP contribution in [0.15, 0.2) is 0 Å². The van der Waals surface area contributed by atoms with Gasteiger partial charge in [0.25, 0.3) is 0 Å². The third kappa shape index (κ3) is 12.1. The maximum absolute atomic E-state index is 13.3. The number of rotatable bonds is 16. The summed E-state index contributed by atoms with van der Waals surface area (Å²) < 4.78 is 30.5. The van der Waals surface area contributed by atoms with Gasteiger partial charge in [-0.15, -0.1) is 0 Å². The van der Waals surface area contributed by atoms with E-state index in [2.05, 4.69) is 0 Å². The molecule has 0 fully saturated rings. The summed E-state index contributed by atoms with van der Waals surface area (Å²) in [7, 11) is 0. The Morgan fingerprint density at radius 3 is 1.49 bits per heavy atom. The predicted molar refractivity (Wildman–Crippen MR) is 142 cm³/mol. The van der Waals surface area contributed by atoms with Crippen LogP contribution in [-0.4, -0.2) is 48.2 Å². The standard InChI is InChI=1S/C29H51FO7/c1-20(31)24(2,3)18-27(8,9)23(34)37-29(12,13)15-17-36-28(10,11)14-16-35-22(33)26(6,7)19-25(4,5)21(30)32/h14-19H2,1-13H3. The Hall–Kier alpha value is -1.83. The van der Waals surface area contributed by atoms with Gasteiger partial charge in [-0.3, -0.25) is 19.2 Å². The molecule has 8 heteroatoms. The van der Waals surface area contributed by atoms with E-state index in [9.17, 15) is 23.6 Å². The van der Waals surface area contributed by atoms with Crippen LogP contribution in [0.4, 0.5) is 4.39 Å². The second-order valence-corrected chi connectivity index (χ2v) is 14.1. The third-order valence-electron chi connectivity index (χ3n) is 6.86. The molecule has 0 aromatic heterocycles. The van der Waals surface area contributed by atoms with E-state index in [1.807, 2.05) is 41.5 Å². The second-order valence-electron chi connectivity index (χ2n) is 14.1. The maximum atomic E-state index is 13.3. The normalized spacial score (nSPS) is 13.8. The molecule has 0 aliphatic heterocycles. The second kappa shape index (κ2) is 12.4. The molecular formula is C29H51FO7. The summed E-state index contributed by atoms with van der Waals surface area (Å²) in [6, 6.07) is -1.46. The quantitative estimate of drug-likeness (QED) is 0.168. The van der Waals surface area contributed by atoms with E-state index in [1.165, 1.54) is 20.8 Å². The van der Waals surface area contributed by atoms with Gasteiger partial charge in [-0.1, -0.05) is 27.7 Å². The predicted octanol–water partition coefficient (Wildman–Crippen LogP) is 6.40. The number of Topliss-reactive ketones (excluding diaryl/α,β-unsaturated/α-hetero) is 1. The smallest absolute Gasteiger partial charge is 0.312 e. The van der Waals surface area contributed by atoms with E-state index >= 15 is 0 Å². The number of carbonyl (C=O) groups is 4. The highest BCUT2D eigenvalue weighted by Crippen LogP contribution is 2.37. The monoisotopic (exact) mass is 530 g/mol. The molecule has 0 saturated heterocycles. The topological polar surface area (TPSA) is 96.0 Å². The number of ketones is 1. The Balaban J connectivity index is 4.77. The van der Waals surface area contributed by atoms with Gasteiger partial charge in [0, 0.05) is 18.3 Å². The SMILES string of the molecule is CC(=O)C(C)(C)CC(C)(C)C(=O)OC(C)(C)CCOC(C)(C)CCOC(=O)C(C)(C)CC(C)(C)C(=O)F. The van der Waals surface area contributed by atoms with Crippen LogP contribution in [-0.2, 0) is 33.4 Å².